The van der Waals surface area contributed by atoms with Crippen molar-refractivity contribution in [3.05, 3.63) is 53.2 Å². The SMILES string of the molecule is Cc1cc(C)n(Cc2cccc(-c3noc(C4CCCCN4C(=O)C4CC4C)n3)c2)n1. The Morgan fingerprint density at radius 2 is 2.06 bits per heavy atom. The fraction of sp³-hybridized carbons (Fsp3) is 0.500. The van der Waals surface area contributed by atoms with Crippen LogP contribution < -0.4 is 0 Å². The van der Waals surface area contributed by atoms with Gasteiger partial charge < -0.3 is 9.42 Å². The lowest BCUT2D eigenvalue weighted by Gasteiger charge is -2.33. The lowest BCUT2D eigenvalue weighted by molar-refractivity contribution is -0.137. The van der Waals surface area contributed by atoms with E-state index in [9.17, 15) is 4.79 Å². The van der Waals surface area contributed by atoms with Gasteiger partial charge in [-0.1, -0.05) is 30.3 Å². The quantitative estimate of drug-likeness (QED) is 0.616. The van der Waals surface area contributed by atoms with Crippen LogP contribution >= 0.6 is 0 Å². The van der Waals surface area contributed by atoms with Crippen LogP contribution in [0.2, 0.25) is 0 Å². The second kappa shape index (κ2) is 7.94. The Bertz CT molecular complexity index is 1100. The molecule has 0 spiro atoms. The van der Waals surface area contributed by atoms with Crippen molar-refractivity contribution in [3.63, 3.8) is 0 Å². The second-order valence-corrected chi connectivity index (χ2v) is 9.10. The van der Waals surface area contributed by atoms with Crippen LogP contribution in [-0.2, 0) is 11.3 Å². The third-order valence-corrected chi connectivity index (χ3v) is 6.56. The van der Waals surface area contributed by atoms with Crippen molar-refractivity contribution in [1.82, 2.24) is 24.8 Å². The molecule has 0 N–H and O–H groups in total. The molecule has 2 fully saturated rings. The largest absolute Gasteiger partial charge is 0.337 e. The molecule has 3 unspecified atom stereocenters. The van der Waals surface area contributed by atoms with E-state index in [1.54, 1.807) is 0 Å². The predicted octanol–water partition coefficient (Wildman–Crippen LogP) is 4.31. The Balaban J connectivity index is 1.36. The molecule has 2 aliphatic rings. The number of carbonyl (C=O) groups is 1. The van der Waals surface area contributed by atoms with Crippen molar-refractivity contribution < 1.29 is 9.32 Å². The Kier molecular flexibility index (Phi) is 5.12. The van der Waals surface area contributed by atoms with Crippen molar-refractivity contribution in [2.45, 2.75) is 59.0 Å². The smallest absolute Gasteiger partial charge is 0.249 e. The Hall–Kier alpha value is -2.96. The van der Waals surface area contributed by atoms with Crippen LogP contribution in [0.1, 0.15) is 61.5 Å². The van der Waals surface area contributed by atoms with E-state index in [4.69, 9.17) is 9.51 Å². The summed E-state index contributed by atoms with van der Waals surface area (Å²) in [6.07, 6.45) is 3.99. The molecular formula is C24H29N5O2. The Morgan fingerprint density at radius 1 is 1.23 bits per heavy atom. The molecule has 0 bridgehead atoms. The standard InChI is InChI=1S/C24H29N5O2/c1-15-11-20(15)24(30)28-10-5-4-9-21(28)23-25-22(27-31-23)19-8-6-7-18(13-19)14-29-17(3)12-16(2)26-29/h6-8,12-13,15,20-21H,4-5,9-11,14H2,1-3H3. The van der Waals surface area contributed by atoms with Gasteiger partial charge in [0, 0.05) is 23.7 Å². The predicted molar refractivity (Wildman–Crippen MR) is 116 cm³/mol. The lowest BCUT2D eigenvalue weighted by Crippen LogP contribution is -2.39. The fourth-order valence-electron chi connectivity index (χ4n) is 4.64. The van der Waals surface area contributed by atoms with Gasteiger partial charge in [0.15, 0.2) is 0 Å². The number of aromatic nitrogens is 4. The summed E-state index contributed by atoms with van der Waals surface area (Å²) in [5, 5.41) is 8.81. The van der Waals surface area contributed by atoms with Gasteiger partial charge in [0.25, 0.3) is 0 Å². The summed E-state index contributed by atoms with van der Waals surface area (Å²) >= 11 is 0. The molecule has 1 saturated carbocycles. The number of benzene rings is 1. The molecule has 31 heavy (non-hydrogen) atoms. The second-order valence-electron chi connectivity index (χ2n) is 9.10. The van der Waals surface area contributed by atoms with Gasteiger partial charge in [0.2, 0.25) is 17.6 Å². The first-order chi connectivity index (χ1) is 15.0. The Morgan fingerprint density at radius 3 is 2.81 bits per heavy atom. The van der Waals surface area contributed by atoms with Crippen LogP contribution in [0.4, 0.5) is 0 Å². The highest BCUT2D eigenvalue weighted by atomic mass is 16.5. The van der Waals surface area contributed by atoms with Gasteiger partial charge in [-0.3, -0.25) is 9.48 Å². The van der Waals surface area contributed by atoms with Gasteiger partial charge >= 0.3 is 0 Å². The van der Waals surface area contributed by atoms with E-state index in [0.717, 1.165) is 54.7 Å². The average Bonchev–Trinajstić information content (AvgIpc) is 3.16. The summed E-state index contributed by atoms with van der Waals surface area (Å²) < 4.78 is 7.67. The molecule has 3 heterocycles. The number of rotatable bonds is 5. The summed E-state index contributed by atoms with van der Waals surface area (Å²) in [6.45, 7) is 7.69. The highest BCUT2D eigenvalue weighted by Gasteiger charge is 2.44. The molecule has 2 aromatic heterocycles. The molecule has 0 radical (unpaired) electrons. The maximum absolute atomic E-state index is 12.9. The molecule has 3 aromatic rings. The molecule has 1 amide bonds. The van der Waals surface area contributed by atoms with E-state index < -0.39 is 0 Å². The van der Waals surface area contributed by atoms with Crippen LogP contribution in [0.3, 0.4) is 0 Å². The first-order valence-electron chi connectivity index (χ1n) is 11.2. The van der Waals surface area contributed by atoms with Gasteiger partial charge in [0.1, 0.15) is 6.04 Å². The zero-order chi connectivity index (χ0) is 21.5. The van der Waals surface area contributed by atoms with Crippen LogP contribution in [0.25, 0.3) is 11.4 Å². The summed E-state index contributed by atoms with van der Waals surface area (Å²) in [6, 6.07) is 10.1. The van der Waals surface area contributed by atoms with Crippen molar-refractivity contribution in [2.24, 2.45) is 11.8 Å². The van der Waals surface area contributed by atoms with E-state index in [1.165, 1.54) is 0 Å². The Labute approximate surface area is 182 Å². The zero-order valence-electron chi connectivity index (χ0n) is 18.4. The number of nitrogens with zero attached hydrogens (tertiary/aromatic N) is 5. The van der Waals surface area contributed by atoms with Crippen molar-refractivity contribution >= 4 is 5.91 Å². The van der Waals surface area contributed by atoms with E-state index in [2.05, 4.69) is 42.3 Å². The minimum atomic E-state index is -0.104. The number of carbonyl (C=O) groups excluding carboxylic acids is 1. The summed E-state index contributed by atoms with van der Waals surface area (Å²) in [5.41, 5.74) is 4.20. The van der Waals surface area contributed by atoms with Crippen molar-refractivity contribution in [1.29, 1.82) is 0 Å². The first kappa shape index (κ1) is 20.0. The molecule has 3 atom stereocenters. The van der Waals surface area contributed by atoms with Crippen molar-refractivity contribution in [2.75, 3.05) is 6.54 Å². The average molecular weight is 420 g/mol. The monoisotopic (exact) mass is 419 g/mol. The molecule has 1 aliphatic heterocycles. The molecule has 1 aliphatic carbocycles. The molecule has 1 aromatic carbocycles. The molecule has 7 nitrogen and oxygen atoms in total. The van der Waals surface area contributed by atoms with Crippen LogP contribution in [0.5, 0.6) is 0 Å². The maximum Gasteiger partial charge on any atom is 0.249 e. The number of piperidine rings is 1. The normalized spacial score (nSPS) is 23.2. The fourth-order valence-corrected chi connectivity index (χ4v) is 4.64. The van der Waals surface area contributed by atoms with E-state index in [0.29, 0.717) is 24.2 Å². The van der Waals surface area contributed by atoms with Gasteiger partial charge in [-0.15, -0.1) is 0 Å². The lowest BCUT2D eigenvalue weighted by atomic mass is 10.0. The molecule has 162 valence electrons. The van der Waals surface area contributed by atoms with E-state index in [-0.39, 0.29) is 17.9 Å². The molecule has 7 heteroatoms. The number of hydrogen-bond acceptors (Lipinski definition) is 5. The number of hydrogen-bond donors (Lipinski definition) is 0. The van der Waals surface area contributed by atoms with Crippen LogP contribution in [0.15, 0.2) is 34.9 Å². The highest BCUT2D eigenvalue weighted by Crippen LogP contribution is 2.42. The summed E-state index contributed by atoms with van der Waals surface area (Å²) in [5.74, 6) is 2.06. The number of aryl methyl sites for hydroxylation is 2. The topological polar surface area (TPSA) is 77.0 Å². The molecular weight excluding hydrogens is 390 g/mol. The van der Waals surface area contributed by atoms with Gasteiger partial charge in [-0.25, -0.2) is 0 Å². The van der Waals surface area contributed by atoms with E-state index >= 15 is 0 Å². The van der Waals surface area contributed by atoms with E-state index in [1.807, 2.05) is 28.6 Å². The van der Waals surface area contributed by atoms with Crippen LogP contribution in [-0.4, -0.2) is 37.3 Å². The molecule has 5 rings (SSSR count). The minimum Gasteiger partial charge on any atom is -0.337 e. The van der Waals surface area contributed by atoms with Gasteiger partial charge in [-0.05, 0) is 63.1 Å². The third-order valence-electron chi connectivity index (χ3n) is 6.56. The summed E-state index contributed by atoms with van der Waals surface area (Å²) in [4.78, 5) is 19.6. The maximum atomic E-state index is 12.9. The van der Waals surface area contributed by atoms with Gasteiger partial charge in [0.05, 0.1) is 12.2 Å². The first-order valence-corrected chi connectivity index (χ1v) is 11.2. The van der Waals surface area contributed by atoms with Crippen LogP contribution in [0, 0.1) is 25.7 Å². The highest BCUT2D eigenvalue weighted by molar-refractivity contribution is 5.82. The molecule has 1 saturated heterocycles. The summed E-state index contributed by atoms with van der Waals surface area (Å²) in [7, 11) is 0. The number of amides is 1. The van der Waals surface area contributed by atoms with Gasteiger partial charge in [-0.2, -0.15) is 10.1 Å². The third kappa shape index (κ3) is 4.01. The number of likely N-dealkylation sites (tertiary alicyclic amines) is 1. The van der Waals surface area contributed by atoms with Crippen molar-refractivity contribution in [3.8, 4) is 11.4 Å². The zero-order valence-corrected chi connectivity index (χ0v) is 18.4. The minimum absolute atomic E-state index is 0.104.